The lowest BCUT2D eigenvalue weighted by Crippen LogP contribution is -2.23. The third kappa shape index (κ3) is 2.09. The van der Waals surface area contributed by atoms with E-state index in [1.807, 2.05) is 6.20 Å². The lowest BCUT2D eigenvalue weighted by molar-refractivity contribution is 0.444. The highest BCUT2D eigenvalue weighted by atomic mass is 14.9. The van der Waals surface area contributed by atoms with Crippen LogP contribution in [0, 0.1) is 5.41 Å². The van der Waals surface area contributed by atoms with Gasteiger partial charge >= 0.3 is 0 Å². The van der Waals surface area contributed by atoms with Crippen LogP contribution >= 0.6 is 0 Å². The van der Waals surface area contributed by atoms with Gasteiger partial charge in [0.05, 0.1) is 0 Å². The summed E-state index contributed by atoms with van der Waals surface area (Å²) in [5.41, 5.74) is 3.28. The Morgan fingerprint density at radius 2 is 2.18 bits per heavy atom. The number of rotatable bonds is 5. The van der Waals surface area contributed by atoms with Gasteiger partial charge in [-0.05, 0) is 41.7 Å². The zero-order valence-electron chi connectivity index (χ0n) is 10.4. The first kappa shape index (κ1) is 10.8. The molecule has 1 aromatic carbocycles. The molecule has 2 nitrogen and oxygen atoms in total. The third-order valence-corrected chi connectivity index (χ3v) is 4.20. The first-order valence-corrected chi connectivity index (χ1v) is 6.59. The zero-order valence-corrected chi connectivity index (χ0v) is 10.4. The normalized spacial score (nSPS) is 17.5. The Morgan fingerprint density at radius 3 is 2.94 bits per heavy atom. The predicted octanol–water partition coefficient (Wildman–Crippen LogP) is 3.45. The van der Waals surface area contributed by atoms with Crippen molar-refractivity contribution in [3.05, 3.63) is 36.0 Å². The molecule has 2 aromatic rings. The second-order valence-electron chi connectivity index (χ2n) is 5.32. The Balaban J connectivity index is 1.66. The Morgan fingerprint density at radius 1 is 1.29 bits per heavy atom. The minimum atomic E-state index is 0.629. The van der Waals surface area contributed by atoms with Gasteiger partial charge in [0.25, 0.3) is 0 Å². The Bertz CT molecular complexity index is 508. The molecule has 0 saturated heterocycles. The van der Waals surface area contributed by atoms with Crippen LogP contribution < -0.4 is 5.32 Å². The fraction of sp³-hybridized carbons (Fsp3) is 0.467. The van der Waals surface area contributed by atoms with Crippen molar-refractivity contribution >= 4 is 10.9 Å². The maximum atomic E-state index is 3.62. The Labute approximate surface area is 102 Å². The van der Waals surface area contributed by atoms with Crippen LogP contribution in [0.4, 0.5) is 0 Å². The van der Waals surface area contributed by atoms with Crippen molar-refractivity contribution in [2.24, 2.45) is 5.41 Å². The topological polar surface area (TPSA) is 27.8 Å². The van der Waals surface area contributed by atoms with E-state index >= 15 is 0 Å². The first-order chi connectivity index (χ1) is 8.33. The van der Waals surface area contributed by atoms with Crippen molar-refractivity contribution in [3.63, 3.8) is 0 Å². The monoisotopic (exact) mass is 228 g/mol. The van der Waals surface area contributed by atoms with E-state index in [9.17, 15) is 0 Å². The molecular weight excluding hydrogens is 208 g/mol. The molecule has 0 bridgehead atoms. The minimum absolute atomic E-state index is 0.629. The molecule has 2 N–H and O–H groups in total. The molecule has 0 unspecified atom stereocenters. The molecule has 0 radical (unpaired) electrons. The number of fused-ring (bicyclic) bond motifs is 1. The lowest BCUT2D eigenvalue weighted by Gasteiger charge is -2.13. The maximum absolute atomic E-state index is 3.62. The molecule has 0 amide bonds. The van der Waals surface area contributed by atoms with Gasteiger partial charge in [-0.25, -0.2) is 0 Å². The van der Waals surface area contributed by atoms with Crippen LogP contribution in [0.5, 0.6) is 0 Å². The number of aromatic nitrogens is 1. The van der Waals surface area contributed by atoms with E-state index in [0.717, 1.165) is 6.54 Å². The van der Waals surface area contributed by atoms with Crippen molar-refractivity contribution < 1.29 is 0 Å². The van der Waals surface area contributed by atoms with E-state index in [-0.39, 0.29) is 0 Å². The third-order valence-electron chi connectivity index (χ3n) is 4.20. The van der Waals surface area contributed by atoms with Gasteiger partial charge < -0.3 is 10.3 Å². The molecule has 3 rings (SSSR count). The summed E-state index contributed by atoms with van der Waals surface area (Å²) in [6.07, 6.45) is 6.14. The lowest BCUT2D eigenvalue weighted by atomic mass is 10.0. The Hall–Kier alpha value is -1.28. The van der Waals surface area contributed by atoms with Crippen molar-refractivity contribution in [1.82, 2.24) is 10.3 Å². The Kier molecular flexibility index (Phi) is 2.67. The van der Waals surface area contributed by atoms with Gasteiger partial charge in [0.2, 0.25) is 0 Å². The van der Waals surface area contributed by atoms with Crippen LogP contribution in [0.1, 0.15) is 31.7 Å². The van der Waals surface area contributed by atoms with Crippen LogP contribution in [0.2, 0.25) is 0 Å². The molecule has 90 valence electrons. The SMILES string of the molecule is CCC1(CNCc2cccc3cc[nH]c23)CC1. The number of benzene rings is 1. The summed E-state index contributed by atoms with van der Waals surface area (Å²) >= 11 is 0. The summed E-state index contributed by atoms with van der Waals surface area (Å²) in [5.74, 6) is 0. The van der Waals surface area contributed by atoms with Gasteiger partial charge in [-0.3, -0.25) is 0 Å². The number of H-pyrrole nitrogens is 1. The maximum Gasteiger partial charge on any atom is 0.0499 e. The van der Waals surface area contributed by atoms with Gasteiger partial charge in [0.15, 0.2) is 0 Å². The first-order valence-electron chi connectivity index (χ1n) is 6.59. The van der Waals surface area contributed by atoms with Gasteiger partial charge in [0.1, 0.15) is 0 Å². The highest BCUT2D eigenvalue weighted by Gasteiger charge is 2.39. The number of nitrogens with one attached hydrogen (secondary N) is 2. The molecule has 1 heterocycles. The van der Waals surface area contributed by atoms with E-state index in [1.165, 1.54) is 42.3 Å². The molecule has 0 atom stereocenters. The smallest absolute Gasteiger partial charge is 0.0499 e. The number of para-hydroxylation sites is 1. The highest BCUT2D eigenvalue weighted by Crippen LogP contribution is 2.47. The van der Waals surface area contributed by atoms with Gasteiger partial charge in [-0.1, -0.05) is 25.1 Å². The largest absolute Gasteiger partial charge is 0.361 e. The average molecular weight is 228 g/mol. The number of aromatic amines is 1. The van der Waals surface area contributed by atoms with Crippen molar-refractivity contribution in [2.45, 2.75) is 32.7 Å². The highest BCUT2D eigenvalue weighted by molar-refractivity contribution is 5.82. The summed E-state index contributed by atoms with van der Waals surface area (Å²) in [7, 11) is 0. The zero-order chi connectivity index (χ0) is 11.7. The summed E-state index contributed by atoms with van der Waals surface area (Å²) < 4.78 is 0. The molecule has 1 saturated carbocycles. The molecule has 2 heteroatoms. The summed E-state index contributed by atoms with van der Waals surface area (Å²) in [4.78, 5) is 3.33. The second-order valence-corrected chi connectivity index (χ2v) is 5.32. The second kappa shape index (κ2) is 4.19. The van der Waals surface area contributed by atoms with E-state index in [0.29, 0.717) is 5.41 Å². The van der Waals surface area contributed by atoms with Crippen molar-refractivity contribution in [2.75, 3.05) is 6.54 Å². The van der Waals surface area contributed by atoms with Crippen LogP contribution in [0.3, 0.4) is 0 Å². The number of hydrogen-bond acceptors (Lipinski definition) is 1. The molecule has 0 spiro atoms. The molecule has 1 aliphatic rings. The van der Waals surface area contributed by atoms with Gasteiger partial charge in [-0.15, -0.1) is 0 Å². The van der Waals surface area contributed by atoms with Crippen molar-refractivity contribution in [3.8, 4) is 0 Å². The molecule has 17 heavy (non-hydrogen) atoms. The summed E-state index contributed by atoms with van der Waals surface area (Å²) in [5, 5.41) is 4.92. The van der Waals surface area contributed by atoms with E-state index in [4.69, 9.17) is 0 Å². The van der Waals surface area contributed by atoms with Gasteiger partial charge in [-0.2, -0.15) is 0 Å². The fourth-order valence-corrected chi connectivity index (χ4v) is 2.59. The molecule has 1 aliphatic carbocycles. The molecule has 0 aliphatic heterocycles. The van der Waals surface area contributed by atoms with Crippen LogP contribution in [-0.2, 0) is 6.54 Å². The van der Waals surface area contributed by atoms with Crippen molar-refractivity contribution in [1.29, 1.82) is 0 Å². The quantitative estimate of drug-likeness (QED) is 0.806. The van der Waals surface area contributed by atoms with Crippen LogP contribution in [0.25, 0.3) is 10.9 Å². The van der Waals surface area contributed by atoms with E-state index < -0.39 is 0 Å². The van der Waals surface area contributed by atoms with Gasteiger partial charge in [0, 0.05) is 24.8 Å². The van der Waals surface area contributed by atoms with Crippen LogP contribution in [0.15, 0.2) is 30.5 Å². The standard InChI is InChI=1S/C15H20N2/c1-2-15(7-8-15)11-16-10-13-5-3-4-12-6-9-17-14(12)13/h3-6,9,16-17H,2,7-8,10-11H2,1H3. The molecule has 1 fully saturated rings. The van der Waals surface area contributed by atoms with Crippen LogP contribution in [-0.4, -0.2) is 11.5 Å². The molecular formula is C15H20N2. The summed E-state index contributed by atoms with van der Waals surface area (Å²) in [6.45, 7) is 4.45. The minimum Gasteiger partial charge on any atom is -0.361 e. The van der Waals surface area contributed by atoms with E-state index in [1.54, 1.807) is 0 Å². The number of hydrogen-bond donors (Lipinski definition) is 2. The summed E-state index contributed by atoms with van der Waals surface area (Å²) in [6, 6.07) is 8.63. The predicted molar refractivity (Wildman–Crippen MR) is 72.0 cm³/mol. The fourth-order valence-electron chi connectivity index (χ4n) is 2.59. The average Bonchev–Trinajstić information content (AvgIpc) is 2.97. The van der Waals surface area contributed by atoms with E-state index in [2.05, 4.69) is 41.5 Å². The molecule has 1 aromatic heterocycles.